The van der Waals surface area contributed by atoms with Gasteiger partial charge in [-0.2, -0.15) is 0 Å². The summed E-state index contributed by atoms with van der Waals surface area (Å²) in [5, 5.41) is 6.09. The quantitative estimate of drug-likeness (QED) is 0.803. The molecule has 0 bridgehead atoms. The second kappa shape index (κ2) is 6.30. The molecule has 4 rings (SSSR count). The minimum atomic E-state index is 0.456. The van der Waals surface area contributed by atoms with Crippen molar-refractivity contribution in [2.75, 3.05) is 18.4 Å². The summed E-state index contributed by atoms with van der Waals surface area (Å²) in [5.74, 6) is 0.893. The Hall–Kier alpha value is -2.53. The molecule has 1 fully saturated rings. The lowest BCUT2D eigenvalue weighted by molar-refractivity contribution is 0.320. The van der Waals surface area contributed by atoms with Crippen LogP contribution >= 0.6 is 0 Å². The summed E-state index contributed by atoms with van der Waals surface area (Å²) in [6.07, 6.45) is 8.50. The number of hydrogen-bond acceptors (Lipinski definition) is 5. The van der Waals surface area contributed by atoms with Crippen LogP contribution in [-0.4, -0.2) is 39.0 Å². The second-order valence-corrected chi connectivity index (χ2v) is 5.93. The predicted molar refractivity (Wildman–Crippen MR) is 91.1 cm³/mol. The van der Waals surface area contributed by atoms with E-state index in [-0.39, 0.29) is 0 Å². The van der Waals surface area contributed by atoms with Gasteiger partial charge in [-0.1, -0.05) is 12.1 Å². The summed E-state index contributed by atoms with van der Waals surface area (Å²) >= 11 is 0. The number of hydrogen-bond donors (Lipinski definition) is 1. The second-order valence-electron chi connectivity index (χ2n) is 5.93. The highest BCUT2D eigenvalue weighted by atomic mass is 15.2. The van der Waals surface area contributed by atoms with Crippen molar-refractivity contribution in [2.24, 2.45) is 0 Å². The summed E-state index contributed by atoms with van der Waals surface area (Å²) in [6, 6.07) is 10.7. The monoisotopic (exact) mass is 305 g/mol. The van der Waals surface area contributed by atoms with E-state index < -0.39 is 0 Å². The van der Waals surface area contributed by atoms with Gasteiger partial charge in [0.1, 0.15) is 5.82 Å². The molecule has 1 saturated heterocycles. The Kier molecular flexibility index (Phi) is 3.86. The first-order valence-corrected chi connectivity index (χ1v) is 7.96. The van der Waals surface area contributed by atoms with E-state index in [1.165, 1.54) is 16.5 Å². The Balaban J connectivity index is 1.44. The molecule has 1 atom stereocenters. The molecule has 1 aliphatic heterocycles. The Morgan fingerprint density at radius 1 is 1.09 bits per heavy atom. The van der Waals surface area contributed by atoms with Crippen molar-refractivity contribution >= 4 is 16.5 Å². The first kappa shape index (κ1) is 14.1. The Morgan fingerprint density at radius 3 is 2.91 bits per heavy atom. The lowest BCUT2D eigenvalue weighted by Crippen LogP contribution is -2.26. The van der Waals surface area contributed by atoms with Gasteiger partial charge in [-0.25, -0.2) is 9.97 Å². The molecule has 5 nitrogen and oxygen atoms in total. The molecule has 23 heavy (non-hydrogen) atoms. The van der Waals surface area contributed by atoms with Crippen LogP contribution in [-0.2, 0) is 6.54 Å². The molecule has 5 heteroatoms. The van der Waals surface area contributed by atoms with Gasteiger partial charge < -0.3 is 5.32 Å². The normalized spacial score (nSPS) is 18.3. The molecule has 0 spiro atoms. The summed E-state index contributed by atoms with van der Waals surface area (Å²) in [6.45, 7) is 2.90. The molecular formula is C18H19N5. The van der Waals surface area contributed by atoms with Gasteiger partial charge >= 0.3 is 0 Å². The largest absolute Gasteiger partial charge is 0.380 e. The molecule has 0 radical (unpaired) electrons. The Bertz CT molecular complexity index is 784. The smallest absolute Gasteiger partial charge is 0.142 e. The number of pyridine rings is 1. The molecule has 2 aromatic heterocycles. The molecule has 0 saturated carbocycles. The predicted octanol–water partition coefficient (Wildman–Crippen LogP) is 2.71. The highest BCUT2D eigenvalue weighted by Crippen LogP contribution is 2.25. The van der Waals surface area contributed by atoms with Crippen molar-refractivity contribution in [2.45, 2.75) is 19.0 Å². The minimum Gasteiger partial charge on any atom is -0.380 e. The highest BCUT2D eigenvalue weighted by Gasteiger charge is 2.23. The van der Waals surface area contributed by atoms with Gasteiger partial charge in [0.2, 0.25) is 0 Å². The zero-order valence-corrected chi connectivity index (χ0v) is 12.9. The zero-order valence-electron chi connectivity index (χ0n) is 12.9. The molecule has 1 aliphatic rings. The molecule has 116 valence electrons. The van der Waals surface area contributed by atoms with E-state index in [0.717, 1.165) is 31.9 Å². The topological polar surface area (TPSA) is 53.9 Å². The van der Waals surface area contributed by atoms with Gasteiger partial charge in [-0.05, 0) is 24.6 Å². The number of benzene rings is 1. The molecule has 1 aromatic carbocycles. The summed E-state index contributed by atoms with van der Waals surface area (Å²) in [4.78, 5) is 15.2. The van der Waals surface area contributed by atoms with E-state index in [1.807, 2.05) is 18.5 Å². The minimum absolute atomic E-state index is 0.456. The van der Waals surface area contributed by atoms with E-state index in [4.69, 9.17) is 0 Å². The number of nitrogens with zero attached hydrogens (tertiary/aromatic N) is 4. The van der Waals surface area contributed by atoms with Gasteiger partial charge in [0, 0.05) is 60.4 Å². The first-order chi connectivity index (χ1) is 11.4. The summed E-state index contributed by atoms with van der Waals surface area (Å²) in [7, 11) is 0. The van der Waals surface area contributed by atoms with Crippen molar-refractivity contribution in [3.8, 4) is 0 Å². The van der Waals surface area contributed by atoms with E-state index in [2.05, 4.69) is 49.4 Å². The maximum Gasteiger partial charge on any atom is 0.142 e. The number of anilines is 1. The zero-order chi connectivity index (χ0) is 15.5. The van der Waals surface area contributed by atoms with Crippen molar-refractivity contribution in [1.29, 1.82) is 0 Å². The molecule has 3 heterocycles. The fourth-order valence-corrected chi connectivity index (χ4v) is 3.17. The third-order valence-electron chi connectivity index (χ3n) is 4.30. The van der Waals surface area contributed by atoms with Crippen LogP contribution in [0.1, 0.15) is 12.2 Å². The van der Waals surface area contributed by atoms with Gasteiger partial charge in [-0.15, -0.1) is 0 Å². The van der Waals surface area contributed by atoms with E-state index in [9.17, 15) is 0 Å². The molecule has 3 aromatic rings. The van der Waals surface area contributed by atoms with Crippen LogP contribution in [0.15, 0.2) is 55.1 Å². The lowest BCUT2D eigenvalue weighted by atomic mass is 10.1. The van der Waals surface area contributed by atoms with Gasteiger partial charge in [0.25, 0.3) is 0 Å². The van der Waals surface area contributed by atoms with E-state index >= 15 is 0 Å². The molecular weight excluding hydrogens is 286 g/mol. The number of aromatic nitrogens is 3. The molecule has 0 aliphatic carbocycles. The van der Waals surface area contributed by atoms with Crippen LogP contribution in [0.5, 0.6) is 0 Å². The number of nitrogens with one attached hydrogen (secondary N) is 1. The maximum atomic E-state index is 4.31. The van der Waals surface area contributed by atoms with Crippen LogP contribution in [0.25, 0.3) is 10.8 Å². The van der Waals surface area contributed by atoms with E-state index in [0.29, 0.717) is 6.04 Å². The van der Waals surface area contributed by atoms with Crippen LogP contribution in [0.4, 0.5) is 5.69 Å². The third-order valence-corrected chi connectivity index (χ3v) is 4.30. The maximum absolute atomic E-state index is 4.31. The van der Waals surface area contributed by atoms with Crippen LogP contribution in [0.3, 0.4) is 0 Å². The number of fused-ring (bicyclic) bond motifs is 1. The summed E-state index contributed by atoms with van der Waals surface area (Å²) < 4.78 is 0. The van der Waals surface area contributed by atoms with Gasteiger partial charge in [-0.3, -0.25) is 9.88 Å². The van der Waals surface area contributed by atoms with E-state index in [1.54, 1.807) is 12.4 Å². The standard InChI is InChI=1S/C18H19N5/c1-3-14-11-19-9-5-16(14)17(4-1)22-15-6-10-23(12-15)13-18-20-7-2-8-21-18/h1-5,7-9,11,15,22H,6,10,12-13H2. The Morgan fingerprint density at radius 2 is 2.00 bits per heavy atom. The SMILES string of the molecule is c1cnc(CN2CCC(Nc3cccc4cnccc34)C2)nc1. The van der Waals surface area contributed by atoms with Crippen molar-refractivity contribution in [1.82, 2.24) is 19.9 Å². The average Bonchev–Trinajstić information content (AvgIpc) is 3.03. The van der Waals surface area contributed by atoms with Crippen molar-refractivity contribution in [3.63, 3.8) is 0 Å². The lowest BCUT2D eigenvalue weighted by Gasteiger charge is -2.17. The third kappa shape index (κ3) is 3.14. The molecule has 0 amide bonds. The highest BCUT2D eigenvalue weighted by molar-refractivity contribution is 5.93. The summed E-state index contributed by atoms with van der Waals surface area (Å²) in [5.41, 5.74) is 1.19. The fourth-order valence-electron chi connectivity index (χ4n) is 3.17. The van der Waals surface area contributed by atoms with Crippen molar-refractivity contribution < 1.29 is 0 Å². The van der Waals surface area contributed by atoms with Gasteiger partial charge in [0.15, 0.2) is 0 Å². The number of likely N-dealkylation sites (tertiary alicyclic amines) is 1. The van der Waals surface area contributed by atoms with Crippen LogP contribution in [0, 0.1) is 0 Å². The Labute approximate surface area is 135 Å². The van der Waals surface area contributed by atoms with Gasteiger partial charge in [0.05, 0.1) is 6.54 Å². The van der Waals surface area contributed by atoms with Crippen molar-refractivity contribution in [3.05, 3.63) is 60.9 Å². The molecule has 1 N–H and O–H groups in total. The average molecular weight is 305 g/mol. The van der Waals surface area contributed by atoms with Crippen LogP contribution < -0.4 is 5.32 Å². The first-order valence-electron chi connectivity index (χ1n) is 7.96. The molecule has 1 unspecified atom stereocenters. The van der Waals surface area contributed by atoms with Crippen LogP contribution in [0.2, 0.25) is 0 Å². The fraction of sp³-hybridized carbons (Fsp3) is 0.278. The number of rotatable bonds is 4.